The van der Waals surface area contributed by atoms with E-state index < -0.39 is 0 Å². The Labute approximate surface area is 145 Å². The maximum atomic E-state index is 5.45. The van der Waals surface area contributed by atoms with Gasteiger partial charge in [0.1, 0.15) is 0 Å². The molecular weight excluding hydrogens is 300 g/mol. The van der Waals surface area contributed by atoms with Gasteiger partial charge in [-0.2, -0.15) is 0 Å². The molecule has 0 heterocycles. The van der Waals surface area contributed by atoms with Crippen molar-refractivity contribution in [3.8, 4) is 0 Å². The van der Waals surface area contributed by atoms with Gasteiger partial charge in [0.2, 0.25) is 0 Å². The van der Waals surface area contributed by atoms with Gasteiger partial charge in [-0.05, 0) is 60.3 Å². The Balaban J connectivity index is 1.99. The topological polar surface area (TPSA) is 24.1 Å². The molecule has 2 rings (SSSR count). The fraction of sp³-hybridized carbons (Fsp3) is 0.350. The highest BCUT2D eigenvalue weighted by Crippen LogP contribution is 2.19. The summed E-state index contributed by atoms with van der Waals surface area (Å²) in [6.07, 6.45) is 3.46. The van der Waals surface area contributed by atoms with E-state index in [0.29, 0.717) is 11.0 Å². The number of rotatable bonds is 6. The van der Waals surface area contributed by atoms with E-state index >= 15 is 0 Å². The molecule has 2 aromatic carbocycles. The Morgan fingerprint density at radius 1 is 1.00 bits per heavy atom. The van der Waals surface area contributed by atoms with E-state index in [4.69, 9.17) is 12.2 Å². The van der Waals surface area contributed by atoms with Crippen LogP contribution in [0, 0.1) is 0 Å². The molecule has 0 bridgehead atoms. The average molecular weight is 327 g/mol. The third-order valence-electron chi connectivity index (χ3n) is 3.90. The zero-order chi connectivity index (χ0) is 16.7. The molecular formula is C20H26N2S. The lowest BCUT2D eigenvalue weighted by atomic mass is 10.0. The molecule has 0 aliphatic heterocycles. The Morgan fingerprint density at radius 3 is 2.35 bits per heavy atom. The fourth-order valence-corrected chi connectivity index (χ4v) is 2.69. The monoisotopic (exact) mass is 326 g/mol. The summed E-state index contributed by atoms with van der Waals surface area (Å²) in [6.45, 7) is 6.60. The summed E-state index contributed by atoms with van der Waals surface area (Å²) in [5.74, 6) is 0.541. The van der Waals surface area contributed by atoms with Crippen LogP contribution in [-0.4, -0.2) is 5.11 Å². The van der Waals surface area contributed by atoms with Gasteiger partial charge in [-0.3, -0.25) is 0 Å². The van der Waals surface area contributed by atoms with Crippen molar-refractivity contribution in [2.24, 2.45) is 0 Å². The maximum Gasteiger partial charge on any atom is 0.175 e. The van der Waals surface area contributed by atoms with Crippen molar-refractivity contribution in [3.05, 3.63) is 59.7 Å². The number of unbranched alkanes of at least 4 members (excludes halogenated alkanes) is 1. The van der Waals surface area contributed by atoms with Gasteiger partial charge in [-0.25, -0.2) is 0 Å². The molecule has 2 nitrogen and oxygen atoms in total. The van der Waals surface area contributed by atoms with Gasteiger partial charge in [0.25, 0.3) is 0 Å². The summed E-state index contributed by atoms with van der Waals surface area (Å²) in [4.78, 5) is 0. The van der Waals surface area contributed by atoms with Gasteiger partial charge >= 0.3 is 0 Å². The van der Waals surface area contributed by atoms with Crippen LogP contribution in [0.4, 0.5) is 11.4 Å². The molecule has 0 saturated carbocycles. The first kappa shape index (κ1) is 17.5. The Hall–Kier alpha value is -1.87. The minimum absolute atomic E-state index is 0.541. The van der Waals surface area contributed by atoms with Crippen LogP contribution in [0.3, 0.4) is 0 Å². The quantitative estimate of drug-likeness (QED) is 0.640. The Kier molecular flexibility index (Phi) is 6.60. The van der Waals surface area contributed by atoms with Crippen molar-refractivity contribution >= 4 is 28.7 Å². The van der Waals surface area contributed by atoms with E-state index in [9.17, 15) is 0 Å². The van der Waals surface area contributed by atoms with E-state index in [0.717, 1.165) is 17.8 Å². The molecule has 0 atom stereocenters. The Bertz CT molecular complexity index is 632. The molecule has 23 heavy (non-hydrogen) atoms. The summed E-state index contributed by atoms with van der Waals surface area (Å²) < 4.78 is 0. The number of thiocarbonyl (C=S) groups is 1. The second kappa shape index (κ2) is 8.68. The van der Waals surface area contributed by atoms with Gasteiger partial charge < -0.3 is 10.6 Å². The number of hydrogen-bond donors (Lipinski definition) is 2. The van der Waals surface area contributed by atoms with Crippen LogP contribution in [-0.2, 0) is 6.42 Å². The van der Waals surface area contributed by atoms with Crippen LogP contribution in [0.25, 0.3) is 0 Å². The summed E-state index contributed by atoms with van der Waals surface area (Å²) in [6, 6.07) is 16.8. The smallest absolute Gasteiger partial charge is 0.175 e. The van der Waals surface area contributed by atoms with E-state index in [-0.39, 0.29) is 0 Å². The average Bonchev–Trinajstić information content (AvgIpc) is 2.54. The molecule has 0 aliphatic rings. The second-order valence-electron chi connectivity index (χ2n) is 6.12. The molecule has 0 radical (unpaired) electrons. The molecule has 0 saturated heterocycles. The van der Waals surface area contributed by atoms with Crippen LogP contribution >= 0.6 is 12.2 Å². The van der Waals surface area contributed by atoms with Crippen molar-refractivity contribution in [1.82, 2.24) is 0 Å². The minimum atomic E-state index is 0.541. The molecule has 122 valence electrons. The first-order chi connectivity index (χ1) is 11.1. The molecule has 0 aliphatic carbocycles. The first-order valence-corrected chi connectivity index (χ1v) is 8.77. The number of aryl methyl sites for hydroxylation is 1. The highest BCUT2D eigenvalue weighted by molar-refractivity contribution is 7.80. The first-order valence-electron chi connectivity index (χ1n) is 8.36. The van der Waals surface area contributed by atoms with Gasteiger partial charge in [0, 0.05) is 11.4 Å². The lowest BCUT2D eigenvalue weighted by molar-refractivity contribution is 0.796. The number of anilines is 2. The largest absolute Gasteiger partial charge is 0.332 e. The third kappa shape index (κ3) is 5.36. The molecule has 2 N–H and O–H groups in total. The molecule has 0 fully saturated rings. The van der Waals surface area contributed by atoms with Crippen molar-refractivity contribution in [2.75, 3.05) is 10.6 Å². The number of benzene rings is 2. The lowest BCUT2D eigenvalue weighted by Gasteiger charge is -2.14. The molecule has 0 unspecified atom stereocenters. The van der Waals surface area contributed by atoms with Gasteiger partial charge in [0.05, 0.1) is 0 Å². The zero-order valence-corrected chi connectivity index (χ0v) is 15.0. The van der Waals surface area contributed by atoms with Crippen LogP contribution in [0.2, 0.25) is 0 Å². The molecule has 2 aromatic rings. The molecule has 0 aromatic heterocycles. The number of hydrogen-bond acceptors (Lipinski definition) is 1. The molecule has 0 amide bonds. The van der Waals surface area contributed by atoms with Gasteiger partial charge in [-0.1, -0.05) is 57.5 Å². The third-order valence-corrected chi connectivity index (χ3v) is 4.10. The predicted octanol–water partition coefficient (Wildman–Crippen LogP) is 5.96. The summed E-state index contributed by atoms with van der Waals surface area (Å²) in [7, 11) is 0. The maximum absolute atomic E-state index is 5.45. The highest BCUT2D eigenvalue weighted by atomic mass is 32.1. The second-order valence-corrected chi connectivity index (χ2v) is 6.52. The normalized spacial score (nSPS) is 10.6. The number of nitrogens with one attached hydrogen (secondary N) is 2. The van der Waals surface area contributed by atoms with Crippen LogP contribution < -0.4 is 10.6 Å². The van der Waals surface area contributed by atoms with E-state index in [2.05, 4.69) is 73.9 Å². The van der Waals surface area contributed by atoms with Crippen molar-refractivity contribution in [1.29, 1.82) is 0 Å². The fourth-order valence-electron chi connectivity index (χ4n) is 2.46. The van der Waals surface area contributed by atoms with Crippen LogP contribution in [0.5, 0.6) is 0 Å². The van der Waals surface area contributed by atoms with Crippen molar-refractivity contribution in [2.45, 2.75) is 46.0 Å². The molecule has 3 heteroatoms. The van der Waals surface area contributed by atoms with Crippen LogP contribution in [0.1, 0.15) is 50.7 Å². The minimum Gasteiger partial charge on any atom is -0.332 e. The van der Waals surface area contributed by atoms with Crippen molar-refractivity contribution < 1.29 is 0 Å². The number of para-hydroxylation sites is 1. The van der Waals surface area contributed by atoms with E-state index in [1.54, 1.807) is 0 Å². The predicted molar refractivity (Wildman–Crippen MR) is 105 cm³/mol. The Morgan fingerprint density at radius 2 is 1.70 bits per heavy atom. The highest BCUT2D eigenvalue weighted by Gasteiger charge is 2.05. The van der Waals surface area contributed by atoms with Crippen LogP contribution in [0.15, 0.2) is 48.5 Å². The summed E-state index contributed by atoms with van der Waals surface area (Å²) in [5.41, 5.74) is 4.75. The summed E-state index contributed by atoms with van der Waals surface area (Å²) >= 11 is 5.45. The zero-order valence-electron chi connectivity index (χ0n) is 14.2. The van der Waals surface area contributed by atoms with Gasteiger partial charge in [-0.15, -0.1) is 0 Å². The van der Waals surface area contributed by atoms with Crippen molar-refractivity contribution in [3.63, 3.8) is 0 Å². The lowest BCUT2D eigenvalue weighted by Crippen LogP contribution is -2.19. The van der Waals surface area contributed by atoms with E-state index in [1.807, 2.05) is 6.07 Å². The van der Waals surface area contributed by atoms with Gasteiger partial charge in [0.15, 0.2) is 5.11 Å². The standard InChI is InChI=1S/C20H26N2S/c1-4-5-8-17-9-6-7-10-19(17)22-20(23)21-18-13-11-16(12-14-18)15(2)3/h6-7,9-15H,4-5,8H2,1-3H3,(H2,21,22,23). The SMILES string of the molecule is CCCCc1ccccc1NC(=S)Nc1ccc(C(C)C)cc1. The molecule has 0 spiro atoms. The summed E-state index contributed by atoms with van der Waals surface area (Å²) in [5, 5.41) is 7.22. The van der Waals surface area contributed by atoms with E-state index in [1.165, 1.54) is 24.0 Å².